The SMILES string of the molecule is CC(C)C(CNc1ccc(C(=O)O)cc1F)C(C)C. The fourth-order valence-corrected chi connectivity index (χ4v) is 2.26. The Labute approximate surface area is 113 Å². The second-order valence-electron chi connectivity index (χ2n) is 5.53. The number of carboxylic acids is 1. The quantitative estimate of drug-likeness (QED) is 0.822. The Morgan fingerprint density at radius 1 is 1.26 bits per heavy atom. The summed E-state index contributed by atoms with van der Waals surface area (Å²) in [5.41, 5.74) is 0.323. The summed E-state index contributed by atoms with van der Waals surface area (Å²) < 4.78 is 13.7. The van der Waals surface area contributed by atoms with Gasteiger partial charge in [-0.15, -0.1) is 0 Å². The molecule has 0 aliphatic carbocycles. The van der Waals surface area contributed by atoms with E-state index in [1.54, 1.807) is 0 Å². The van der Waals surface area contributed by atoms with E-state index in [1.165, 1.54) is 12.1 Å². The Balaban J connectivity index is 2.75. The maximum Gasteiger partial charge on any atom is 0.335 e. The summed E-state index contributed by atoms with van der Waals surface area (Å²) in [7, 11) is 0. The van der Waals surface area contributed by atoms with E-state index in [-0.39, 0.29) is 5.56 Å². The summed E-state index contributed by atoms with van der Waals surface area (Å²) in [5.74, 6) is -0.180. The standard InChI is InChI=1S/C15H22FNO2/c1-9(2)12(10(3)4)8-17-14-6-5-11(15(18)19)7-13(14)16/h5-7,9-10,12,17H,8H2,1-4H3,(H,18,19). The van der Waals surface area contributed by atoms with Crippen LogP contribution in [0.1, 0.15) is 38.1 Å². The Hall–Kier alpha value is -1.58. The molecule has 0 heterocycles. The summed E-state index contributed by atoms with van der Waals surface area (Å²) in [5, 5.41) is 11.9. The number of aromatic carboxylic acids is 1. The molecule has 0 radical (unpaired) electrons. The molecule has 106 valence electrons. The number of benzene rings is 1. The minimum absolute atomic E-state index is 0.0349. The van der Waals surface area contributed by atoms with Crippen LogP contribution < -0.4 is 5.32 Å². The molecule has 2 N–H and O–H groups in total. The van der Waals surface area contributed by atoms with Crippen molar-refractivity contribution in [3.63, 3.8) is 0 Å². The lowest BCUT2D eigenvalue weighted by molar-refractivity contribution is 0.0696. The molecule has 0 atom stereocenters. The van der Waals surface area contributed by atoms with Gasteiger partial charge in [0.25, 0.3) is 0 Å². The molecule has 0 fully saturated rings. The van der Waals surface area contributed by atoms with Crippen molar-refractivity contribution in [2.45, 2.75) is 27.7 Å². The third kappa shape index (κ3) is 4.23. The van der Waals surface area contributed by atoms with E-state index in [2.05, 4.69) is 33.0 Å². The van der Waals surface area contributed by atoms with E-state index >= 15 is 0 Å². The van der Waals surface area contributed by atoms with Gasteiger partial charge in [-0.2, -0.15) is 0 Å². The molecule has 0 saturated carbocycles. The highest BCUT2D eigenvalue weighted by Crippen LogP contribution is 2.22. The topological polar surface area (TPSA) is 49.3 Å². The Bertz CT molecular complexity index is 436. The molecule has 19 heavy (non-hydrogen) atoms. The van der Waals surface area contributed by atoms with Crippen molar-refractivity contribution >= 4 is 11.7 Å². The van der Waals surface area contributed by atoms with Crippen LogP contribution in [0.5, 0.6) is 0 Å². The number of nitrogens with one attached hydrogen (secondary N) is 1. The number of carbonyl (C=O) groups is 1. The first kappa shape index (κ1) is 15.5. The van der Waals surface area contributed by atoms with E-state index in [1.807, 2.05) is 0 Å². The largest absolute Gasteiger partial charge is 0.478 e. The van der Waals surface area contributed by atoms with Gasteiger partial charge in [0.2, 0.25) is 0 Å². The Morgan fingerprint density at radius 2 is 1.84 bits per heavy atom. The van der Waals surface area contributed by atoms with Crippen LogP contribution in [0.15, 0.2) is 18.2 Å². The third-order valence-electron chi connectivity index (χ3n) is 3.46. The number of hydrogen-bond acceptors (Lipinski definition) is 2. The zero-order valence-corrected chi connectivity index (χ0v) is 11.9. The molecule has 0 saturated heterocycles. The van der Waals surface area contributed by atoms with Crippen LogP contribution in [0, 0.1) is 23.6 Å². The van der Waals surface area contributed by atoms with Crippen LogP contribution in [-0.2, 0) is 0 Å². The van der Waals surface area contributed by atoms with Crippen LogP contribution in [0.2, 0.25) is 0 Å². The summed E-state index contributed by atoms with van der Waals surface area (Å²) in [6.45, 7) is 9.28. The summed E-state index contributed by atoms with van der Waals surface area (Å²) in [6, 6.07) is 3.94. The summed E-state index contributed by atoms with van der Waals surface area (Å²) >= 11 is 0. The molecule has 0 aliphatic rings. The van der Waals surface area contributed by atoms with E-state index < -0.39 is 11.8 Å². The fourth-order valence-electron chi connectivity index (χ4n) is 2.26. The molecule has 4 heteroatoms. The first-order valence-electron chi connectivity index (χ1n) is 6.59. The van der Waals surface area contributed by atoms with E-state index in [9.17, 15) is 9.18 Å². The predicted molar refractivity (Wildman–Crippen MR) is 75.0 cm³/mol. The number of hydrogen-bond donors (Lipinski definition) is 2. The maximum absolute atomic E-state index is 13.7. The van der Waals surface area contributed by atoms with Crippen LogP contribution >= 0.6 is 0 Å². The molecule has 0 unspecified atom stereocenters. The fraction of sp³-hybridized carbons (Fsp3) is 0.533. The Kier molecular flexibility index (Phi) is 5.33. The maximum atomic E-state index is 13.7. The molecule has 1 rings (SSSR count). The summed E-state index contributed by atoms with van der Waals surface area (Å²) in [4.78, 5) is 10.7. The van der Waals surface area contributed by atoms with Crippen molar-refractivity contribution in [2.75, 3.05) is 11.9 Å². The average Bonchev–Trinajstić information content (AvgIpc) is 2.29. The smallest absolute Gasteiger partial charge is 0.335 e. The first-order chi connectivity index (χ1) is 8.82. The van der Waals surface area contributed by atoms with E-state index in [4.69, 9.17) is 5.11 Å². The second kappa shape index (κ2) is 6.55. The summed E-state index contributed by atoms with van der Waals surface area (Å²) in [6.07, 6.45) is 0. The monoisotopic (exact) mass is 267 g/mol. The van der Waals surface area contributed by atoms with E-state index in [0.29, 0.717) is 30.0 Å². The van der Waals surface area contributed by atoms with Crippen molar-refractivity contribution in [3.05, 3.63) is 29.6 Å². The molecule has 3 nitrogen and oxygen atoms in total. The number of carboxylic acid groups (broad SMARTS) is 1. The highest BCUT2D eigenvalue weighted by Gasteiger charge is 2.18. The lowest BCUT2D eigenvalue weighted by Crippen LogP contribution is -2.24. The molecular weight excluding hydrogens is 245 g/mol. The molecule has 0 aliphatic heterocycles. The van der Waals surface area contributed by atoms with Gasteiger partial charge in [-0.1, -0.05) is 27.7 Å². The lowest BCUT2D eigenvalue weighted by atomic mass is 9.85. The van der Waals surface area contributed by atoms with Crippen molar-refractivity contribution < 1.29 is 14.3 Å². The highest BCUT2D eigenvalue weighted by molar-refractivity contribution is 5.88. The molecule has 1 aromatic rings. The van der Waals surface area contributed by atoms with Gasteiger partial charge in [-0.3, -0.25) is 0 Å². The molecular formula is C15H22FNO2. The first-order valence-corrected chi connectivity index (χ1v) is 6.59. The normalized spacial score (nSPS) is 11.4. The van der Waals surface area contributed by atoms with Gasteiger partial charge in [-0.05, 0) is 36.0 Å². The number of rotatable bonds is 6. The van der Waals surface area contributed by atoms with Gasteiger partial charge in [0, 0.05) is 6.54 Å². The predicted octanol–water partition coefficient (Wildman–Crippen LogP) is 3.86. The van der Waals surface area contributed by atoms with Gasteiger partial charge in [0.05, 0.1) is 11.3 Å². The molecule has 0 amide bonds. The van der Waals surface area contributed by atoms with Crippen molar-refractivity contribution in [2.24, 2.45) is 17.8 Å². The third-order valence-corrected chi connectivity index (χ3v) is 3.46. The minimum atomic E-state index is -1.12. The number of halogens is 1. The van der Waals surface area contributed by atoms with Gasteiger partial charge in [0.1, 0.15) is 5.82 Å². The minimum Gasteiger partial charge on any atom is -0.478 e. The zero-order chi connectivity index (χ0) is 14.6. The van der Waals surface area contributed by atoms with Crippen molar-refractivity contribution in [1.29, 1.82) is 0 Å². The van der Waals surface area contributed by atoms with Gasteiger partial charge < -0.3 is 10.4 Å². The van der Waals surface area contributed by atoms with Crippen LogP contribution in [0.3, 0.4) is 0 Å². The molecule has 1 aromatic carbocycles. The van der Waals surface area contributed by atoms with E-state index in [0.717, 1.165) is 6.07 Å². The Morgan fingerprint density at radius 3 is 2.26 bits per heavy atom. The van der Waals surface area contributed by atoms with Gasteiger partial charge >= 0.3 is 5.97 Å². The van der Waals surface area contributed by atoms with Crippen LogP contribution in [0.4, 0.5) is 10.1 Å². The lowest BCUT2D eigenvalue weighted by Gasteiger charge is -2.25. The van der Waals surface area contributed by atoms with Crippen LogP contribution in [0.25, 0.3) is 0 Å². The van der Waals surface area contributed by atoms with Crippen molar-refractivity contribution in [1.82, 2.24) is 0 Å². The molecule has 0 aromatic heterocycles. The van der Waals surface area contributed by atoms with Gasteiger partial charge in [-0.25, -0.2) is 9.18 Å². The average molecular weight is 267 g/mol. The molecule has 0 spiro atoms. The van der Waals surface area contributed by atoms with Crippen molar-refractivity contribution in [3.8, 4) is 0 Å². The zero-order valence-electron chi connectivity index (χ0n) is 11.9. The van der Waals surface area contributed by atoms with Crippen LogP contribution in [-0.4, -0.2) is 17.6 Å². The van der Waals surface area contributed by atoms with Gasteiger partial charge in [0.15, 0.2) is 0 Å². The second-order valence-corrected chi connectivity index (χ2v) is 5.53. The molecule has 0 bridgehead atoms. The number of anilines is 1. The highest BCUT2D eigenvalue weighted by atomic mass is 19.1.